The molecule has 15 nitrogen and oxygen atoms in total. The topological polar surface area (TPSA) is 172 Å². The predicted octanol–water partition coefficient (Wildman–Crippen LogP) is 4.93. The van der Waals surface area contributed by atoms with E-state index in [1.165, 1.54) is 14.0 Å². The molecule has 322 valence electrons. The van der Waals surface area contributed by atoms with Crippen LogP contribution in [-0.2, 0) is 44.6 Å². The molecule has 3 aliphatic rings. The highest BCUT2D eigenvalue weighted by molar-refractivity contribution is 6.00. The second-order valence-electron chi connectivity index (χ2n) is 17.3. The quantitative estimate of drug-likeness (QED) is 0.184. The number of ketones is 2. The maximum Gasteiger partial charge on any atom is 0.410 e. The number of cyclic esters (lactones) is 1. The number of carbonyl (C=O) groups is 4. The van der Waals surface area contributed by atoms with E-state index in [2.05, 4.69) is 9.97 Å². The summed E-state index contributed by atoms with van der Waals surface area (Å²) < 4.78 is 33.2. The molecule has 5 rings (SSSR count). The molecule has 1 N–H and O–H groups in total. The maximum atomic E-state index is 14.7. The lowest BCUT2D eigenvalue weighted by Crippen LogP contribution is -2.60. The summed E-state index contributed by atoms with van der Waals surface area (Å²) in [6, 6.07) is 2.74. The maximum absolute atomic E-state index is 14.7. The molecule has 3 saturated heterocycles. The zero-order valence-electron chi connectivity index (χ0n) is 36.1. The van der Waals surface area contributed by atoms with Crippen molar-refractivity contribution in [2.75, 3.05) is 27.7 Å². The molecule has 0 spiro atoms. The molecular weight excluding hydrogens is 746 g/mol. The Morgan fingerprint density at radius 1 is 1.02 bits per heavy atom. The number of fused-ring (bicyclic) bond motifs is 1. The lowest BCUT2D eigenvalue weighted by molar-refractivity contribution is -0.295. The molecule has 2 aromatic rings. The zero-order valence-corrected chi connectivity index (χ0v) is 36.1. The van der Waals surface area contributed by atoms with Crippen LogP contribution in [0.4, 0.5) is 4.79 Å². The van der Waals surface area contributed by atoms with Gasteiger partial charge in [0, 0.05) is 68.1 Å². The highest BCUT2D eigenvalue weighted by Gasteiger charge is 2.60. The third kappa shape index (κ3) is 9.33. The first kappa shape index (κ1) is 45.3. The first-order valence-electron chi connectivity index (χ1n) is 20.8. The van der Waals surface area contributed by atoms with Crippen molar-refractivity contribution in [3.8, 4) is 11.3 Å². The van der Waals surface area contributed by atoms with E-state index in [-0.39, 0.29) is 30.8 Å². The molecule has 2 aromatic heterocycles. The summed E-state index contributed by atoms with van der Waals surface area (Å²) in [4.78, 5) is 69.0. The number of unbranched alkanes of at least 4 members (excludes halogenated alkanes) is 1. The summed E-state index contributed by atoms with van der Waals surface area (Å²) >= 11 is 0. The SMILES string of the molecule is CC[C@H]1OC(=O)[C@H](C)C(=O)[C@H](C)C(OC2OC(C)CC(N(C)C)C2O)[C@](C)(OC)C[C@@H](C)C(=O)[C@H](C)[C@H]2N(CCCCn3cnc(-c4cccnc4)c3)C(=O)O[C@]12C. The van der Waals surface area contributed by atoms with Gasteiger partial charge in [-0.25, -0.2) is 9.78 Å². The molecule has 0 aliphatic carbocycles. The molecule has 13 atom stereocenters. The third-order valence-corrected chi connectivity index (χ3v) is 12.8. The number of aromatic nitrogens is 3. The van der Waals surface area contributed by atoms with Crippen LogP contribution in [-0.4, -0.2) is 135 Å². The number of rotatable bonds is 11. The van der Waals surface area contributed by atoms with E-state index in [0.717, 1.165) is 11.3 Å². The van der Waals surface area contributed by atoms with Gasteiger partial charge in [-0.15, -0.1) is 0 Å². The van der Waals surface area contributed by atoms with E-state index in [1.807, 2.05) is 62.7 Å². The molecule has 5 unspecified atom stereocenters. The Kier molecular flexibility index (Phi) is 14.6. The smallest absolute Gasteiger partial charge is 0.410 e. The summed E-state index contributed by atoms with van der Waals surface area (Å²) in [6.07, 6.45) is 4.45. The van der Waals surface area contributed by atoms with Gasteiger partial charge in [-0.2, -0.15) is 0 Å². The predicted molar refractivity (Wildman–Crippen MR) is 214 cm³/mol. The van der Waals surface area contributed by atoms with Crippen molar-refractivity contribution in [1.29, 1.82) is 0 Å². The Morgan fingerprint density at radius 3 is 2.36 bits per heavy atom. The summed E-state index contributed by atoms with van der Waals surface area (Å²) in [7, 11) is 5.24. The minimum atomic E-state index is -1.40. The van der Waals surface area contributed by atoms with E-state index < -0.39 is 83.4 Å². The number of nitrogens with zero attached hydrogens (tertiary/aromatic N) is 5. The van der Waals surface area contributed by atoms with Crippen molar-refractivity contribution in [2.45, 2.75) is 148 Å². The van der Waals surface area contributed by atoms with Crippen molar-refractivity contribution >= 4 is 23.6 Å². The van der Waals surface area contributed by atoms with Gasteiger partial charge >= 0.3 is 12.1 Å². The number of aliphatic hydroxyl groups excluding tert-OH is 1. The third-order valence-electron chi connectivity index (χ3n) is 12.8. The van der Waals surface area contributed by atoms with Crippen LogP contribution in [0.2, 0.25) is 0 Å². The fraction of sp³-hybridized carbons (Fsp3) is 0.721. The van der Waals surface area contributed by atoms with Gasteiger partial charge in [-0.3, -0.25) is 19.4 Å². The minimum Gasteiger partial charge on any atom is -0.458 e. The number of pyridine rings is 1. The molecule has 15 heteroatoms. The van der Waals surface area contributed by atoms with Gasteiger partial charge in [-0.05, 0) is 86.0 Å². The number of hydrogen-bond acceptors (Lipinski definition) is 13. The van der Waals surface area contributed by atoms with Crippen molar-refractivity contribution in [1.82, 2.24) is 24.3 Å². The number of amides is 1. The molecule has 0 radical (unpaired) electrons. The molecule has 0 bridgehead atoms. The van der Waals surface area contributed by atoms with Crippen LogP contribution in [0.15, 0.2) is 37.1 Å². The monoisotopic (exact) mass is 811 g/mol. The number of esters is 1. The normalized spacial score (nSPS) is 36.7. The molecule has 3 fully saturated rings. The Bertz CT molecular complexity index is 1740. The number of methoxy groups -OCH3 is 1. The van der Waals surface area contributed by atoms with E-state index in [9.17, 15) is 24.3 Å². The standard InChI is InChI=1S/C43H65N5O10/c1-12-33-43(8)37(48(41(53)58-43)19-14-13-18-47-23-31(45-24-47)30-16-15-17-44-22-30)27(4)34(49)25(2)21-42(7,54-11)38(28(5)35(50)29(6)39(52)56-33)57-40-36(51)32(46(9)10)20-26(3)55-40/h15-17,22-29,32-33,36-38,40,51H,12-14,18-21H2,1-11H3/t25-,26?,27+,28+,29-,32?,33-,36?,37-,38?,40?,42-,43-/m1/s1. The van der Waals surface area contributed by atoms with Gasteiger partial charge in [0.1, 0.15) is 23.9 Å². The Labute approximate surface area is 343 Å². The number of aryl methyl sites for hydroxylation is 1. The number of likely N-dealkylation sites (N-methyl/N-ethyl adjacent to an activating group) is 1. The number of carbonyl (C=O) groups excluding carboxylic acids is 4. The molecule has 58 heavy (non-hydrogen) atoms. The zero-order chi connectivity index (χ0) is 42.7. The van der Waals surface area contributed by atoms with Crippen LogP contribution in [0.25, 0.3) is 11.3 Å². The van der Waals surface area contributed by atoms with Crippen LogP contribution in [0.5, 0.6) is 0 Å². The van der Waals surface area contributed by atoms with E-state index in [1.54, 1.807) is 51.3 Å². The van der Waals surface area contributed by atoms with E-state index in [4.69, 9.17) is 23.7 Å². The van der Waals surface area contributed by atoms with Gasteiger partial charge in [-0.1, -0.05) is 27.7 Å². The first-order chi connectivity index (χ1) is 27.4. The summed E-state index contributed by atoms with van der Waals surface area (Å²) in [5, 5.41) is 11.4. The van der Waals surface area contributed by atoms with Gasteiger partial charge in [0.15, 0.2) is 17.7 Å². The van der Waals surface area contributed by atoms with Crippen molar-refractivity contribution in [3.05, 3.63) is 37.1 Å². The highest BCUT2D eigenvalue weighted by Crippen LogP contribution is 2.43. The van der Waals surface area contributed by atoms with Gasteiger partial charge < -0.3 is 43.2 Å². The average Bonchev–Trinajstić information content (AvgIpc) is 3.78. The Hall–Kier alpha value is -3.76. The average molecular weight is 812 g/mol. The number of aliphatic hydroxyl groups is 1. The molecular formula is C43H65N5O10. The summed E-state index contributed by atoms with van der Waals surface area (Å²) in [5.74, 6) is -4.95. The first-order valence-corrected chi connectivity index (χ1v) is 20.8. The largest absolute Gasteiger partial charge is 0.458 e. The Morgan fingerprint density at radius 2 is 1.72 bits per heavy atom. The van der Waals surface area contributed by atoms with Crippen LogP contribution in [0.1, 0.15) is 87.5 Å². The second kappa shape index (κ2) is 18.7. The summed E-state index contributed by atoms with van der Waals surface area (Å²) in [6.45, 7) is 14.9. The lowest BCUT2D eigenvalue weighted by atomic mass is 9.73. The number of ether oxygens (including phenoxy) is 5. The van der Waals surface area contributed by atoms with Gasteiger partial charge in [0.2, 0.25) is 0 Å². The van der Waals surface area contributed by atoms with E-state index >= 15 is 0 Å². The Balaban J connectivity index is 1.43. The van der Waals surface area contributed by atoms with Crippen LogP contribution >= 0.6 is 0 Å². The van der Waals surface area contributed by atoms with Gasteiger partial charge in [0.25, 0.3) is 0 Å². The second-order valence-corrected chi connectivity index (χ2v) is 17.3. The van der Waals surface area contributed by atoms with Crippen LogP contribution < -0.4 is 0 Å². The van der Waals surface area contributed by atoms with Crippen molar-refractivity contribution < 1.29 is 48.0 Å². The lowest BCUT2D eigenvalue weighted by Gasteiger charge is -2.47. The van der Waals surface area contributed by atoms with Crippen molar-refractivity contribution in [2.24, 2.45) is 23.7 Å². The summed E-state index contributed by atoms with van der Waals surface area (Å²) in [5.41, 5.74) is -0.938. The van der Waals surface area contributed by atoms with Crippen LogP contribution in [0.3, 0.4) is 0 Å². The molecule has 0 aromatic carbocycles. The minimum absolute atomic E-state index is 0.130. The molecule has 0 saturated carbocycles. The van der Waals surface area contributed by atoms with E-state index in [0.29, 0.717) is 32.4 Å². The van der Waals surface area contributed by atoms with Crippen molar-refractivity contribution in [3.63, 3.8) is 0 Å². The van der Waals surface area contributed by atoms with Crippen LogP contribution in [0, 0.1) is 23.7 Å². The fourth-order valence-corrected chi connectivity index (χ4v) is 9.43. The number of imidazole rings is 1. The fourth-order valence-electron chi connectivity index (χ4n) is 9.43. The molecule has 5 heterocycles. The number of hydrogen-bond donors (Lipinski definition) is 1. The molecule has 1 amide bonds. The highest BCUT2D eigenvalue weighted by atomic mass is 16.7. The number of Topliss-reactive ketones (excluding diaryl/α,β-unsaturated/α-hetero) is 2. The molecule has 3 aliphatic heterocycles. The van der Waals surface area contributed by atoms with Gasteiger partial charge in [0.05, 0.1) is 35.9 Å².